The van der Waals surface area contributed by atoms with Gasteiger partial charge in [0.1, 0.15) is 0 Å². The first-order chi connectivity index (χ1) is 9.35. The molecule has 2 rings (SSSR count). The third-order valence-corrected chi connectivity index (χ3v) is 4.30. The maximum absolute atomic E-state index is 4.48. The van der Waals surface area contributed by atoms with Gasteiger partial charge in [-0.3, -0.25) is 4.98 Å². The second-order valence-electron chi connectivity index (χ2n) is 7.30. The maximum Gasteiger partial charge on any atom is 0.0562 e. The van der Waals surface area contributed by atoms with E-state index in [0.717, 1.165) is 30.6 Å². The number of anilines is 1. The predicted molar refractivity (Wildman–Crippen MR) is 86.0 cm³/mol. The summed E-state index contributed by atoms with van der Waals surface area (Å²) in [5.41, 5.74) is 2.58. The molecule has 0 radical (unpaired) electrons. The van der Waals surface area contributed by atoms with Gasteiger partial charge in [0.25, 0.3) is 0 Å². The lowest BCUT2D eigenvalue weighted by molar-refractivity contribution is 0.324. The number of pyridine rings is 1. The van der Waals surface area contributed by atoms with Crippen LogP contribution in [0.3, 0.4) is 0 Å². The molecule has 1 saturated heterocycles. The fourth-order valence-electron chi connectivity index (χ4n) is 2.61. The van der Waals surface area contributed by atoms with Crippen molar-refractivity contribution in [2.45, 2.75) is 53.1 Å². The van der Waals surface area contributed by atoms with Crippen LogP contribution in [0.1, 0.15) is 46.7 Å². The van der Waals surface area contributed by atoms with Gasteiger partial charge in [0.05, 0.1) is 5.69 Å². The van der Waals surface area contributed by atoms with E-state index in [0.29, 0.717) is 0 Å². The Balaban J connectivity index is 2.02. The standard InChI is InChI=1S/C17H29N3/c1-13-7-9-20(12-14(13)2)16-6-8-18-15(10-16)11-19-17(3,4)5/h6,8,10,13-14,19H,7,9,11-12H2,1-5H3. The van der Waals surface area contributed by atoms with Gasteiger partial charge in [-0.2, -0.15) is 0 Å². The third kappa shape index (κ3) is 4.20. The summed E-state index contributed by atoms with van der Waals surface area (Å²) in [4.78, 5) is 6.99. The van der Waals surface area contributed by atoms with Crippen molar-refractivity contribution in [3.63, 3.8) is 0 Å². The molecule has 1 aliphatic heterocycles. The molecule has 1 aromatic heterocycles. The Hall–Kier alpha value is -1.09. The van der Waals surface area contributed by atoms with Crippen LogP contribution in [-0.4, -0.2) is 23.6 Å². The van der Waals surface area contributed by atoms with Gasteiger partial charge >= 0.3 is 0 Å². The van der Waals surface area contributed by atoms with Gasteiger partial charge in [-0.25, -0.2) is 0 Å². The van der Waals surface area contributed by atoms with Crippen molar-refractivity contribution >= 4 is 5.69 Å². The second-order valence-corrected chi connectivity index (χ2v) is 7.30. The molecule has 0 saturated carbocycles. The number of rotatable bonds is 3. The molecule has 0 amide bonds. The quantitative estimate of drug-likeness (QED) is 0.916. The minimum Gasteiger partial charge on any atom is -0.371 e. The van der Waals surface area contributed by atoms with E-state index in [9.17, 15) is 0 Å². The number of hydrogen-bond donors (Lipinski definition) is 1. The minimum absolute atomic E-state index is 0.132. The van der Waals surface area contributed by atoms with Crippen LogP contribution in [0.15, 0.2) is 18.3 Å². The molecular formula is C17H29N3. The second kappa shape index (κ2) is 6.13. The topological polar surface area (TPSA) is 28.2 Å². The monoisotopic (exact) mass is 275 g/mol. The number of piperidine rings is 1. The molecule has 0 aromatic carbocycles. The molecule has 2 heterocycles. The number of nitrogens with one attached hydrogen (secondary N) is 1. The summed E-state index contributed by atoms with van der Waals surface area (Å²) in [5.74, 6) is 1.61. The molecule has 3 nitrogen and oxygen atoms in total. The van der Waals surface area contributed by atoms with Gasteiger partial charge < -0.3 is 10.2 Å². The van der Waals surface area contributed by atoms with Crippen LogP contribution in [-0.2, 0) is 6.54 Å². The van der Waals surface area contributed by atoms with Crippen LogP contribution in [0.5, 0.6) is 0 Å². The molecule has 1 N–H and O–H groups in total. The lowest BCUT2D eigenvalue weighted by Crippen LogP contribution is -2.38. The first-order valence-electron chi connectivity index (χ1n) is 7.80. The van der Waals surface area contributed by atoms with Crippen LogP contribution >= 0.6 is 0 Å². The normalized spacial score (nSPS) is 23.9. The SMILES string of the molecule is CC1CCN(c2ccnc(CNC(C)(C)C)c2)CC1C. The molecule has 1 aromatic rings. The van der Waals surface area contributed by atoms with Crippen LogP contribution in [0.4, 0.5) is 5.69 Å². The zero-order chi connectivity index (χ0) is 14.8. The number of nitrogens with zero attached hydrogens (tertiary/aromatic N) is 2. The molecule has 0 bridgehead atoms. The zero-order valence-corrected chi connectivity index (χ0v) is 13.6. The lowest BCUT2D eigenvalue weighted by Gasteiger charge is -2.37. The van der Waals surface area contributed by atoms with Gasteiger partial charge in [-0.15, -0.1) is 0 Å². The van der Waals surface area contributed by atoms with Crippen molar-refractivity contribution in [3.8, 4) is 0 Å². The van der Waals surface area contributed by atoms with Crippen molar-refractivity contribution in [2.24, 2.45) is 11.8 Å². The largest absolute Gasteiger partial charge is 0.371 e. The Morgan fingerprint density at radius 3 is 2.70 bits per heavy atom. The smallest absolute Gasteiger partial charge is 0.0562 e. The minimum atomic E-state index is 0.132. The third-order valence-electron chi connectivity index (χ3n) is 4.30. The Labute approximate surface area is 123 Å². The van der Waals surface area contributed by atoms with Crippen molar-refractivity contribution in [2.75, 3.05) is 18.0 Å². The molecule has 112 valence electrons. The number of hydrogen-bond acceptors (Lipinski definition) is 3. The highest BCUT2D eigenvalue weighted by atomic mass is 15.1. The van der Waals surface area contributed by atoms with Crippen molar-refractivity contribution in [1.82, 2.24) is 10.3 Å². The van der Waals surface area contributed by atoms with Gasteiger partial charge in [0, 0.05) is 37.1 Å². The molecular weight excluding hydrogens is 246 g/mol. The zero-order valence-electron chi connectivity index (χ0n) is 13.6. The molecule has 0 aliphatic carbocycles. The van der Waals surface area contributed by atoms with Gasteiger partial charge in [-0.1, -0.05) is 13.8 Å². The first kappa shape index (κ1) is 15.3. The highest BCUT2D eigenvalue weighted by Gasteiger charge is 2.23. The summed E-state index contributed by atoms with van der Waals surface area (Å²) in [6.07, 6.45) is 3.23. The predicted octanol–water partition coefficient (Wildman–Crippen LogP) is 3.45. The summed E-state index contributed by atoms with van der Waals surface area (Å²) in [6.45, 7) is 14.4. The Bertz CT molecular complexity index is 436. The van der Waals surface area contributed by atoms with E-state index in [2.05, 4.69) is 62.0 Å². The average Bonchev–Trinajstić information content (AvgIpc) is 2.39. The molecule has 1 fully saturated rings. The summed E-state index contributed by atoms with van der Waals surface area (Å²) < 4.78 is 0. The Morgan fingerprint density at radius 1 is 1.30 bits per heavy atom. The van der Waals surface area contributed by atoms with E-state index < -0.39 is 0 Å². The molecule has 0 spiro atoms. The molecule has 3 heteroatoms. The highest BCUT2D eigenvalue weighted by Crippen LogP contribution is 2.27. The summed E-state index contributed by atoms with van der Waals surface area (Å²) >= 11 is 0. The summed E-state index contributed by atoms with van der Waals surface area (Å²) in [7, 11) is 0. The van der Waals surface area contributed by atoms with Crippen molar-refractivity contribution < 1.29 is 0 Å². The van der Waals surface area contributed by atoms with Crippen molar-refractivity contribution in [1.29, 1.82) is 0 Å². The molecule has 1 aliphatic rings. The maximum atomic E-state index is 4.48. The fourth-order valence-corrected chi connectivity index (χ4v) is 2.61. The van der Waals surface area contributed by atoms with Gasteiger partial charge in [0.2, 0.25) is 0 Å². The van der Waals surface area contributed by atoms with E-state index in [1.54, 1.807) is 0 Å². The first-order valence-corrected chi connectivity index (χ1v) is 7.80. The average molecular weight is 275 g/mol. The Morgan fingerprint density at radius 2 is 2.05 bits per heavy atom. The highest BCUT2D eigenvalue weighted by molar-refractivity contribution is 5.47. The van der Waals surface area contributed by atoms with Gasteiger partial charge in [-0.05, 0) is 51.2 Å². The molecule has 2 atom stereocenters. The molecule has 20 heavy (non-hydrogen) atoms. The molecule has 2 unspecified atom stereocenters. The van der Waals surface area contributed by atoms with E-state index in [1.165, 1.54) is 18.7 Å². The van der Waals surface area contributed by atoms with E-state index >= 15 is 0 Å². The Kier molecular flexibility index (Phi) is 4.69. The van der Waals surface area contributed by atoms with E-state index in [-0.39, 0.29) is 5.54 Å². The van der Waals surface area contributed by atoms with Crippen molar-refractivity contribution in [3.05, 3.63) is 24.0 Å². The van der Waals surface area contributed by atoms with E-state index in [1.807, 2.05) is 6.20 Å². The summed E-state index contributed by atoms with van der Waals surface area (Å²) in [5, 5.41) is 3.50. The van der Waals surface area contributed by atoms with E-state index in [4.69, 9.17) is 0 Å². The fraction of sp³-hybridized carbons (Fsp3) is 0.706. The van der Waals surface area contributed by atoms with Crippen LogP contribution in [0, 0.1) is 11.8 Å². The van der Waals surface area contributed by atoms with Crippen LogP contribution < -0.4 is 10.2 Å². The lowest BCUT2D eigenvalue weighted by atomic mass is 9.88. The van der Waals surface area contributed by atoms with Gasteiger partial charge in [0.15, 0.2) is 0 Å². The van der Waals surface area contributed by atoms with Crippen LogP contribution in [0.2, 0.25) is 0 Å². The van der Waals surface area contributed by atoms with Crippen LogP contribution in [0.25, 0.3) is 0 Å². The number of aromatic nitrogens is 1. The summed E-state index contributed by atoms with van der Waals surface area (Å²) in [6, 6.07) is 4.38.